The fourth-order valence-corrected chi connectivity index (χ4v) is 4.75. The molecule has 1 aliphatic carbocycles. The molecule has 1 aliphatic heterocycles. The average Bonchev–Trinajstić information content (AvgIpc) is 2.97. The van der Waals surface area contributed by atoms with Crippen LogP contribution < -0.4 is 0 Å². The van der Waals surface area contributed by atoms with Crippen LogP contribution in [0.3, 0.4) is 0 Å². The fraction of sp³-hybridized carbons (Fsp3) is 0.600. The molecule has 0 unspecified atom stereocenters. The van der Waals surface area contributed by atoms with Crippen molar-refractivity contribution in [1.29, 1.82) is 0 Å². The molecule has 1 spiro atoms. The Balaban J connectivity index is 1.92. The van der Waals surface area contributed by atoms with E-state index < -0.39 is 23.1 Å². The maximum absolute atomic E-state index is 13.3. The van der Waals surface area contributed by atoms with Gasteiger partial charge in [-0.25, -0.2) is 19.7 Å². The zero-order chi connectivity index (χ0) is 21.0. The summed E-state index contributed by atoms with van der Waals surface area (Å²) in [5, 5.41) is 11.9. The monoisotopic (exact) mass is 418 g/mol. The normalized spacial score (nSPS) is 18.9. The van der Waals surface area contributed by atoms with Crippen LogP contribution in [0, 0.1) is 0 Å². The Morgan fingerprint density at radius 2 is 1.97 bits per heavy atom. The van der Waals surface area contributed by atoms with Gasteiger partial charge in [0.25, 0.3) is 5.91 Å². The van der Waals surface area contributed by atoms with E-state index in [4.69, 9.17) is 4.74 Å². The van der Waals surface area contributed by atoms with E-state index in [0.717, 1.165) is 37.0 Å². The first-order valence-electron chi connectivity index (χ1n) is 9.87. The molecule has 1 N–H and O–H groups in total. The van der Waals surface area contributed by atoms with E-state index in [1.54, 1.807) is 27.0 Å². The maximum atomic E-state index is 13.3. The van der Waals surface area contributed by atoms with Gasteiger partial charge in [0.2, 0.25) is 0 Å². The number of carbonyl (C=O) groups is 2. The first kappa shape index (κ1) is 20.0. The molecule has 8 nitrogen and oxygen atoms in total. The van der Waals surface area contributed by atoms with Crippen LogP contribution in [0.4, 0.5) is 4.79 Å². The molecule has 2 aliphatic rings. The van der Waals surface area contributed by atoms with E-state index in [2.05, 4.69) is 9.97 Å². The number of hydrogen-bond donors (Lipinski definition) is 1. The van der Waals surface area contributed by atoms with Crippen LogP contribution in [0.2, 0.25) is 0 Å². The Kier molecular flexibility index (Phi) is 4.76. The molecule has 0 aromatic carbocycles. The van der Waals surface area contributed by atoms with Crippen molar-refractivity contribution in [3.8, 4) is 5.75 Å². The van der Waals surface area contributed by atoms with Gasteiger partial charge >= 0.3 is 6.09 Å². The zero-order valence-corrected chi connectivity index (χ0v) is 18.0. The minimum atomic E-state index is -0.720. The second-order valence-corrected chi connectivity index (χ2v) is 9.56. The second-order valence-electron chi connectivity index (χ2n) is 8.78. The Morgan fingerprint density at radius 3 is 2.59 bits per heavy atom. The molecule has 1 saturated carbocycles. The molecule has 0 radical (unpaired) electrons. The molecule has 4 rings (SSSR count). The van der Waals surface area contributed by atoms with E-state index in [9.17, 15) is 14.7 Å². The molecule has 2 aromatic rings. The third kappa shape index (κ3) is 3.25. The number of aromatic hydroxyl groups is 1. The van der Waals surface area contributed by atoms with Crippen molar-refractivity contribution in [2.45, 2.75) is 69.2 Å². The van der Waals surface area contributed by atoms with Crippen LogP contribution in [-0.4, -0.2) is 54.9 Å². The van der Waals surface area contributed by atoms with E-state index in [0.29, 0.717) is 16.2 Å². The molecule has 29 heavy (non-hydrogen) atoms. The van der Waals surface area contributed by atoms with Gasteiger partial charge in [0.1, 0.15) is 11.2 Å². The smallest absolute Gasteiger partial charge is 0.417 e. The summed E-state index contributed by atoms with van der Waals surface area (Å²) in [5.41, 5.74) is -0.563. The number of fused-ring (bicyclic) bond motifs is 4. The van der Waals surface area contributed by atoms with Crippen molar-refractivity contribution in [3.05, 3.63) is 11.9 Å². The number of carbonyl (C=O) groups excluding carboxylic acids is 2. The Bertz CT molecular complexity index is 989. The van der Waals surface area contributed by atoms with Gasteiger partial charge in [-0.2, -0.15) is 0 Å². The number of thioether (sulfide) groups is 1. The molecule has 0 bridgehead atoms. The number of imide groups is 1. The van der Waals surface area contributed by atoms with Gasteiger partial charge in [-0.3, -0.25) is 4.79 Å². The number of amides is 2. The molecular weight excluding hydrogens is 392 g/mol. The van der Waals surface area contributed by atoms with Gasteiger partial charge in [0.05, 0.1) is 17.5 Å². The zero-order valence-electron chi connectivity index (χ0n) is 17.2. The fourth-order valence-electron chi connectivity index (χ4n) is 4.41. The van der Waals surface area contributed by atoms with Gasteiger partial charge in [0, 0.05) is 6.20 Å². The molecule has 3 heterocycles. The van der Waals surface area contributed by atoms with Crippen LogP contribution in [0.25, 0.3) is 11.0 Å². The third-order valence-corrected chi connectivity index (χ3v) is 6.18. The molecule has 0 atom stereocenters. The van der Waals surface area contributed by atoms with Crippen molar-refractivity contribution in [1.82, 2.24) is 19.4 Å². The molecule has 2 aromatic heterocycles. The largest absolute Gasteiger partial charge is 0.505 e. The maximum Gasteiger partial charge on any atom is 0.417 e. The van der Waals surface area contributed by atoms with E-state index in [1.165, 1.54) is 11.8 Å². The highest BCUT2D eigenvalue weighted by atomic mass is 32.2. The average molecular weight is 419 g/mol. The van der Waals surface area contributed by atoms with Gasteiger partial charge in [-0.1, -0.05) is 31.0 Å². The number of aromatic nitrogens is 3. The Labute approximate surface area is 173 Å². The van der Waals surface area contributed by atoms with Crippen LogP contribution in [0.15, 0.2) is 11.4 Å². The minimum absolute atomic E-state index is 0.103. The van der Waals surface area contributed by atoms with Crippen molar-refractivity contribution in [2.24, 2.45) is 0 Å². The van der Waals surface area contributed by atoms with Gasteiger partial charge in [0.15, 0.2) is 16.6 Å². The predicted octanol–water partition coefficient (Wildman–Crippen LogP) is 3.91. The molecule has 156 valence electrons. The molecule has 2 amide bonds. The third-order valence-electron chi connectivity index (χ3n) is 5.62. The van der Waals surface area contributed by atoms with Crippen molar-refractivity contribution in [3.63, 3.8) is 0 Å². The van der Waals surface area contributed by atoms with Gasteiger partial charge < -0.3 is 14.4 Å². The van der Waals surface area contributed by atoms with Crippen LogP contribution in [0.1, 0.15) is 63.4 Å². The summed E-state index contributed by atoms with van der Waals surface area (Å²) in [5.74, 6) is -0.729. The summed E-state index contributed by atoms with van der Waals surface area (Å²) >= 11 is 1.40. The summed E-state index contributed by atoms with van der Waals surface area (Å²) in [7, 11) is 0. The van der Waals surface area contributed by atoms with Crippen molar-refractivity contribution in [2.75, 3.05) is 12.8 Å². The second kappa shape index (κ2) is 6.90. The summed E-state index contributed by atoms with van der Waals surface area (Å²) in [6, 6.07) is 0. The first-order chi connectivity index (χ1) is 13.7. The van der Waals surface area contributed by atoms with E-state index >= 15 is 0 Å². The quantitative estimate of drug-likeness (QED) is 0.554. The van der Waals surface area contributed by atoms with Crippen LogP contribution in [0.5, 0.6) is 5.75 Å². The van der Waals surface area contributed by atoms with Crippen molar-refractivity contribution >= 4 is 34.8 Å². The summed E-state index contributed by atoms with van der Waals surface area (Å²) in [6.07, 6.45) is 7.42. The van der Waals surface area contributed by atoms with E-state index in [-0.39, 0.29) is 18.0 Å². The van der Waals surface area contributed by atoms with E-state index in [1.807, 2.05) is 10.8 Å². The van der Waals surface area contributed by atoms with Crippen LogP contribution >= 0.6 is 11.8 Å². The van der Waals surface area contributed by atoms with Crippen LogP contribution in [-0.2, 0) is 10.3 Å². The number of nitrogens with zero attached hydrogens (tertiary/aromatic N) is 4. The minimum Gasteiger partial charge on any atom is -0.505 e. The lowest BCUT2D eigenvalue weighted by molar-refractivity contribution is 0.00733. The highest BCUT2D eigenvalue weighted by Crippen LogP contribution is 2.46. The highest BCUT2D eigenvalue weighted by Gasteiger charge is 2.49. The summed E-state index contributed by atoms with van der Waals surface area (Å²) in [6.45, 7) is 5.52. The SMILES string of the molecule is CSc1ncc2c(O)c3n(c2n1)C1(CCCCC1)CN(C(=O)OC(C)(C)C)C3=O. The standard InChI is InChI=1S/C20H26N4O4S/c1-19(2,3)28-18(27)23-11-20(8-6-5-7-9-20)24-13(16(23)26)14(25)12-10-21-17(29-4)22-15(12)24/h10,25H,5-9,11H2,1-4H3. The number of ether oxygens (including phenoxy) is 1. The predicted molar refractivity (Wildman–Crippen MR) is 109 cm³/mol. The summed E-state index contributed by atoms with van der Waals surface area (Å²) < 4.78 is 7.37. The topological polar surface area (TPSA) is 97.6 Å². The van der Waals surface area contributed by atoms with Crippen molar-refractivity contribution < 1.29 is 19.4 Å². The summed E-state index contributed by atoms with van der Waals surface area (Å²) in [4.78, 5) is 36.2. The highest BCUT2D eigenvalue weighted by molar-refractivity contribution is 7.98. The molecule has 0 saturated heterocycles. The molecule has 9 heteroatoms. The number of hydrogen-bond acceptors (Lipinski definition) is 7. The Morgan fingerprint density at radius 1 is 1.28 bits per heavy atom. The van der Waals surface area contributed by atoms with Gasteiger partial charge in [-0.05, 0) is 39.9 Å². The number of rotatable bonds is 1. The van der Waals surface area contributed by atoms with Gasteiger partial charge in [-0.15, -0.1) is 0 Å². The molecule has 1 fully saturated rings. The lowest BCUT2D eigenvalue weighted by Gasteiger charge is -2.46. The first-order valence-corrected chi connectivity index (χ1v) is 11.1. The Hall–Kier alpha value is -2.29. The lowest BCUT2D eigenvalue weighted by Crippen LogP contribution is -2.56. The molecular formula is C20H26N4O4S. The lowest BCUT2D eigenvalue weighted by atomic mass is 9.79.